The average molecular weight is 272 g/mol. The van der Waals surface area contributed by atoms with E-state index >= 15 is 0 Å². The Kier molecular flexibility index (Phi) is 4.19. The summed E-state index contributed by atoms with van der Waals surface area (Å²) in [6, 6.07) is 14.1. The van der Waals surface area contributed by atoms with Gasteiger partial charge in [0.05, 0.1) is 13.1 Å². The Balaban J connectivity index is 1.69. The van der Waals surface area contributed by atoms with Gasteiger partial charge >= 0.3 is 0 Å². The SMILES string of the molecule is O[C@@H](C[NH+]1CCCCC1)Oc1cccc2ccccc12. The van der Waals surface area contributed by atoms with Crippen LogP contribution in [0.2, 0.25) is 0 Å². The van der Waals surface area contributed by atoms with Crippen LogP contribution in [0, 0.1) is 0 Å². The third kappa shape index (κ3) is 3.11. The topological polar surface area (TPSA) is 33.9 Å². The molecule has 2 aromatic carbocycles. The van der Waals surface area contributed by atoms with Crippen LogP contribution in [0.3, 0.4) is 0 Å². The maximum atomic E-state index is 10.2. The van der Waals surface area contributed by atoms with E-state index in [1.165, 1.54) is 24.2 Å². The molecular weight excluding hydrogens is 250 g/mol. The summed E-state index contributed by atoms with van der Waals surface area (Å²) in [7, 11) is 0. The molecule has 0 radical (unpaired) electrons. The number of quaternary nitrogens is 1. The molecule has 3 rings (SSSR count). The molecule has 1 fully saturated rings. The summed E-state index contributed by atoms with van der Waals surface area (Å²) in [4.78, 5) is 1.45. The number of hydrogen-bond acceptors (Lipinski definition) is 2. The van der Waals surface area contributed by atoms with Crippen molar-refractivity contribution < 1.29 is 14.7 Å². The summed E-state index contributed by atoms with van der Waals surface area (Å²) < 4.78 is 5.77. The van der Waals surface area contributed by atoms with Crippen molar-refractivity contribution in [3.63, 3.8) is 0 Å². The molecule has 3 heteroatoms. The van der Waals surface area contributed by atoms with Crippen molar-refractivity contribution in [3.05, 3.63) is 42.5 Å². The summed E-state index contributed by atoms with van der Waals surface area (Å²) in [5.74, 6) is 0.770. The second-order valence-corrected chi connectivity index (χ2v) is 5.56. The highest BCUT2D eigenvalue weighted by Crippen LogP contribution is 2.25. The minimum Gasteiger partial charge on any atom is -0.458 e. The van der Waals surface area contributed by atoms with Crippen molar-refractivity contribution in [2.45, 2.75) is 25.6 Å². The van der Waals surface area contributed by atoms with Gasteiger partial charge < -0.3 is 14.7 Å². The molecule has 106 valence electrons. The highest BCUT2D eigenvalue weighted by atomic mass is 16.6. The third-order valence-corrected chi connectivity index (χ3v) is 4.04. The quantitative estimate of drug-likeness (QED) is 0.829. The lowest BCUT2D eigenvalue weighted by Gasteiger charge is -2.25. The molecule has 1 aliphatic rings. The van der Waals surface area contributed by atoms with Crippen molar-refractivity contribution in [3.8, 4) is 5.75 Å². The fraction of sp³-hybridized carbons (Fsp3) is 0.412. The lowest BCUT2D eigenvalue weighted by Crippen LogP contribution is -3.14. The Bertz CT molecular complexity index is 558. The molecular formula is C17H22NO2+. The summed E-state index contributed by atoms with van der Waals surface area (Å²) in [6.07, 6.45) is 3.12. The van der Waals surface area contributed by atoms with Gasteiger partial charge in [-0.2, -0.15) is 0 Å². The molecule has 0 bridgehead atoms. The standard InChI is InChI=1S/C17H21NO2/c19-17(13-18-11-4-1-5-12-18)20-16-10-6-8-14-7-2-3-9-15(14)16/h2-3,6-10,17,19H,1,4-5,11-13H2/p+1/t17-/m1/s1. The van der Waals surface area contributed by atoms with Gasteiger partial charge in [0.25, 0.3) is 0 Å². The van der Waals surface area contributed by atoms with Gasteiger partial charge in [0.2, 0.25) is 6.29 Å². The van der Waals surface area contributed by atoms with E-state index in [2.05, 4.69) is 12.1 Å². The summed E-state index contributed by atoms with van der Waals surface area (Å²) in [5, 5.41) is 12.4. The van der Waals surface area contributed by atoms with Gasteiger partial charge in [-0.25, -0.2) is 0 Å². The van der Waals surface area contributed by atoms with Crippen LogP contribution in [0.1, 0.15) is 19.3 Å². The van der Waals surface area contributed by atoms with Gasteiger partial charge in [-0.15, -0.1) is 0 Å². The molecule has 0 amide bonds. The van der Waals surface area contributed by atoms with Crippen molar-refractivity contribution in [2.24, 2.45) is 0 Å². The number of fused-ring (bicyclic) bond motifs is 1. The molecule has 0 unspecified atom stereocenters. The molecule has 0 saturated carbocycles. The summed E-state index contributed by atoms with van der Waals surface area (Å²) >= 11 is 0. The smallest absolute Gasteiger partial charge is 0.247 e. The zero-order valence-electron chi connectivity index (χ0n) is 11.7. The number of likely N-dealkylation sites (tertiary alicyclic amines) is 1. The van der Waals surface area contributed by atoms with Crippen LogP contribution >= 0.6 is 0 Å². The number of aliphatic hydroxyl groups is 1. The van der Waals surface area contributed by atoms with Crippen LogP contribution in [0.15, 0.2) is 42.5 Å². The monoisotopic (exact) mass is 272 g/mol. The maximum absolute atomic E-state index is 10.2. The van der Waals surface area contributed by atoms with Gasteiger partial charge in [-0.1, -0.05) is 36.4 Å². The number of benzene rings is 2. The molecule has 1 heterocycles. The first-order valence-corrected chi connectivity index (χ1v) is 7.49. The Labute approximate surface area is 119 Å². The number of ether oxygens (including phenoxy) is 1. The van der Waals surface area contributed by atoms with Crippen molar-refractivity contribution in [2.75, 3.05) is 19.6 Å². The molecule has 0 aromatic heterocycles. The molecule has 1 atom stereocenters. The van der Waals surface area contributed by atoms with E-state index in [0.29, 0.717) is 6.54 Å². The normalized spacial score (nSPS) is 18.1. The molecule has 3 nitrogen and oxygen atoms in total. The number of piperidine rings is 1. The van der Waals surface area contributed by atoms with Crippen LogP contribution in [0.5, 0.6) is 5.75 Å². The summed E-state index contributed by atoms with van der Waals surface area (Å²) in [5.41, 5.74) is 0. The van der Waals surface area contributed by atoms with E-state index in [-0.39, 0.29) is 0 Å². The number of hydrogen-bond donors (Lipinski definition) is 2. The Morgan fingerprint density at radius 3 is 2.60 bits per heavy atom. The predicted octanol–water partition coefficient (Wildman–Crippen LogP) is 1.61. The molecule has 0 aliphatic carbocycles. The first-order chi connectivity index (χ1) is 9.83. The predicted molar refractivity (Wildman–Crippen MR) is 80.0 cm³/mol. The number of nitrogens with one attached hydrogen (secondary N) is 1. The highest BCUT2D eigenvalue weighted by molar-refractivity contribution is 5.88. The van der Waals surface area contributed by atoms with Crippen LogP contribution in [0.25, 0.3) is 10.8 Å². The Morgan fingerprint density at radius 1 is 1.00 bits per heavy atom. The van der Waals surface area contributed by atoms with Crippen LogP contribution < -0.4 is 9.64 Å². The molecule has 2 N–H and O–H groups in total. The van der Waals surface area contributed by atoms with E-state index < -0.39 is 6.29 Å². The van der Waals surface area contributed by atoms with Crippen molar-refractivity contribution in [1.82, 2.24) is 0 Å². The third-order valence-electron chi connectivity index (χ3n) is 4.04. The second kappa shape index (κ2) is 6.25. The van der Waals surface area contributed by atoms with Crippen molar-refractivity contribution >= 4 is 10.8 Å². The van der Waals surface area contributed by atoms with Gasteiger partial charge in [-0.05, 0) is 30.7 Å². The van der Waals surface area contributed by atoms with Crippen LogP contribution in [0.4, 0.5) is 0 Å². The molecule has 1 aliphatic heterocycles. The highest BCUT2D eigenvalue weighted by Gasteiger charge is 2.19. The number of rotatable bonds is 4. The van der Waals surface area contributed by atoms with Gasteiger partial charge in [0.1, 0.15) is 12.3 Å². The molecule has 2 aromatic rings. The van der Waals surface area contributed by atoms with E-state index in [9.17, 15) is 5.11 Å². The molecule has 0 spiro atoms. The fourth-order valence-corrected chi connectivity index (χ4v) is 2.99. The van der Waals surface area contributed by atoms with E-state index in [1.54, 1.807) is 0 Å². The first-order valence-electron chi connectivity index (χ1n) is 7.49. The minimum atomic E-state index is -0.728. The first kappa shape index (κ1) is 13.4. The van der Waals surface area contributed by atoms with Gasteiger partial charge in [0.15, 0.2) is 0 Å². The van der Waals surface area contributed by atoms with Crippen molar-refractivity contribution in [1.29, 1.82) is 0 Å². The van der Waals surface area contributed by atoms with Gasteiger partial charge in [-0.3, -0.25) is 0 Å². The van der Waals surface area contributed by atoms with Gasteiger partial charge in [0, 0.05) is 5.39 Å². The fourth-order valence-electron chi connectivity index (χ4n) is 2.99. The average Bonchev–Trinajstić information content (AvgIpc) is 2.48. The van der Waals surface area contributed by atoms with E-state index in [0.717, 1.165) is 29.6 Å². The lowest BCUT2D eigenvalue weighted by molar-refractivity contribution is -0.910. The number of aliphatic hydroxyl groups excluding tert-OH is 1. The molecule has 1 saturated heterocycles. The Hall–Kier alpha value is -1.58. The zero-order valence-corrected chi connectivity index (χ0v) is 11.7. The molecule has 20 heavy (non-hydrogen) atoms. The minimum absolute atomic E-state index is 0.670. The largest absolute Gasteiger partial charge is 0.458 e. The Morgan fingerprint density at radius 2 is 1.75 bits per heavy atom. The summed E-state index contributed by atoms with van der Waals surface area (Å²) in [6.45, 7) is 2.97. The maximum Gasteiger partial charge on any atom is 0.247 e. The zero-order chi connectivity index (χ0) is 13.8. The van der Waals surface area contributed by atoms with E-state index in [4.69, 9.17) is 4.74 Å². The van der Waals surface area contributed by atoms with Crippen LogP contribution in [-0.2, 0) is 0 Å². The lowest BCUT2D eigenvalue weighted by atomic mass is 10.1. The van der Waals surface area contributed by atoms with Crippen LogP contribution in [-0.4, -0.2) is 31.0 Å². The van der Waals surface area contributed by atoms with E-state index in [1.807, 2.05) is 30.3 Å². The second-order valence-electron chi connectivity index (χ2n) is 5.56.